The summed E-state index contributed by atoms with van der Waals surface area (Å²) in [5.41, 5.74) is 3.05. The molecule has 0 saturated carbocycles. The van der Waals surface area contributed by atoms with Crippen molar-refractivity contribution in [3.8, 4) is 16.9 Å². The third kappa shape index (κ3) is 3.35. The zero-order chi connectivity index (χ0) is 15.6. The molecule has 3 rings (SSSR count). The Balaban J connectivity index is 1.88. The summed E-state index contributed by atoms with van der Waals surface area (Å²) in [6.45, 7) is 2.04. The lowest BCUT2D eigenvalue weighted by Crippen LogP contribution is -2.18. The van der Waals surface area contributed by atoms with Crippen LogP contribution >= 0.6 is 0 Å². The van der Waals surface area contributed by atoms with Crippen LogP contribution in [0.3, 0.4) is 0 Å². The summed E-state index contributed by atoms with van der Waals surface area (Å²) in [6, 6.07) is 14.0. The van der Waals surface area contributed by atoms with Crippen LogP contribution in [0, 0.1) is 0 Å². The van der Waals surface area contributed by atoms with Crippen LogP contribution in [0.2, 0.25) is 0 Å². The minimum absolute atomic E-state index is 0.199. The van der Waals surface area contributed by atoms with Crippen LogP contribution in [0.4, 0.5) is 18.9 Å². The third-order valence-electron chi connectivity index (χ3n) is 3.75. The van der Waals surface area contributed by atoms with Crippen LogP contribution in [-0.2, 0) is 0 Å². The molecule has 2 nitrogen and oxygen atoms in total. The fourth-order valence-corrected chi connectivity index (χ4v) is 2.79. The Hall–Kier alpha value is -2.17. The molecule has 0 aromatic heterocycles. The number of alkyl halides is 3. The standard InChI is InChI=1S/C17H16F3NO/c18-17(19,20)22-14-9-7-13(8-10-14)15-5-1-2-6-16(15)21-11-3-4-12-21/h1-2,5-10H,3-4,11-12H2. The van der Waals surface area contributed by atoms with E-state index in [-0.39, 0.29) is 5.75 Å². The molecule has 116 valence electrons. The lowest BCUT2D eigenvalue weighted by molar-refractivity contribution is -0.274. The van der Waals surface area contributed by atoms with Gasteiger partial charge >= 0.3 is 6.36 Å². The summed E-state index contributed by atoms with van der Waals surface area (Å²) in [5, 5.41) is 0. The first-order valence-corrected chi connectivity index (χ1v) is 7.23. The highest BCUT2D eigenvalue weighted by molar-refractivity contribution is 5.79. The van der Waals surface area contributed by atoms with E-state index in [1.807, 2.05) is 18.2 Å². The lowest BCUT2D eigenvalue weighted by Gasteiger charge is -2.21. The molecule has 1 heterocycles. The van der Waals surface area contributed by atoms with Crippen LogP contribution in [0.15, 0.2) is 48.5 Å². The summed E-state index contributed by atoms with van der Waals surface area (Å²) in [6.07, 6.45) is -2.31. The van der Waals surface area contributed by atoms with Gasteiger partial charge in [0.05, 0.1) is 0 Å². The van der Waals surface area contributed by atoms with Crippen LogP contribution in [0.5, 0.6) is 5.75 Å². The Labute approximate surface area is 127 Å². The molecule has 5 heteroatoms. The highest BCUT2D eigenvalue weighted by Gasteiger charge is 2.31. The van der Waals surface area contributed by atoms with Crippen molar-refractivity contribution in [2.75, 3.05) is 18.0 Å². The van der Waals surface area contributed by atoms with Gasteiger partial charge in [0.2, 0.25) is 0 Å². The van der Waals surface area contributed by atoms with Gasteiger partial charge in [0.25, 0.3) is 0 Å². The summed E-state index contributed by atoms with van der Waals surface area (Å²) < 4.78 is 40.5. The van der Waals surface area contributed by atoms with Crippen molar-refractivity contribution >= 4 is 5.69 Å². The van der Waals surface area contributed by atoms with Gasteiger partial charge in [-0.3, -0.25) is 0 Å². The molecule has 0 bridgehead atoms. The van der Waals surface area contributed by atoms with E-state index in [0.717, 1.165) is 29.9 Å². The third-order valence-corrected chi connectivity index (χ3v) is 3.75. The van der Waals surface area contributed by atoms with Gasteiger partial charge in [-0.2, -0.15) is 0 Å². The van der Waals surface area contributed by atoms with Gasteiger partial charge in [-0.05, 0) is 36.6 Å². The molecule has 0 radical (unpaired) electrons. The van der Waals surface area contributed by atoms with E-state index in [0.29, 0.717) is 0 Å². The van der Waals surface area contributed by atoms with E-state index in [2.05, 4.69) is 15.7 Å². The number of rotatable bonds is 3. The van der Waals surface area contributed by atoms with Gasteiger partial charge in [-0.25, -0.2) is 0 Å². The van der Waals surface area contributed by atoms with Crippen molar-refractivity contribution in [1.82, 2.24) is 0 Å². The first-order chi connectivity index (χ1) is 10.5. The Kier molecular flexibility index (Phi) is 3.96. The van der Waals surface area contributed by atoms with Crippen molar-refractivity contribution in [3.05, 3.63) is 48.5 Å². The Bertz CT molecular complexity index is 631. The second-order valence-corrected chi connectivity index (χ2v) is 5.28. The molecular formula is C17H16F3NO. The van der Waals surface area contributed by atoms with E-state index in [9.17, 15) is 13.2 Å². The SMILES string of the molecule is FC(F)(F)Oc1ccc(-c2ccccc2N2CCCC2)cc1. The highest BCUT2D eigenvalue weighted by atomic mass is 19.4. The molecule has 1 aliphatic heterocycles. The van der Waals surface area contributed by atoms with E-state index in [1.54, 1.807) is 12.1 Å². The smallest absolute Gasteiger partial charge is 0.406 e. The monoisotopic (exact) mass is 307 g/mol. The molecule has 0 N–H and O–H groups in total. The Morgan fingerprint density at radius 1 is 0.864 bits per heavy atom. The number of hydrogen-bond acceptors (Lipinski definition) is 2. The van der Waals surface area contributed by atoms with Crippen LogP contribution in [0.1, 0.15) is 12.8 Å². The van der Waals surface area contributed by atoms with Gasteiger partial charge in [-0.15, -0.1) is 13.2 Å². The van der Waals surface area contributed by atoms with E-state index in [4.69, 9.17) is 0 Å². The maximum atomic E-state index is 12.2. The van der Waals surface area contributed by atoms with Gasteiger partial charge in [0.1, 0.15) is 5.75 Å². The van der Waals surface area contributed by atoms with Crippen molar-refractivity contribution in [2.24, 2.45) is 0 Å². The molecule has 0 spiro atoms. The fourth-order valence-electron chi connectivity index (χ4n) is 2.79. The number of nitrogens with zero attached hydrogens (tertiary/aromatic N) is 1. The largest absolute Gasteiger partial charge is 0.573 e. The predicted octanol–water partition coefficient (Wildman–Crippen LogP) is 4.85. The quantitative estimate of drug-likeness (QED) is 0.803. The minimum atomic E-state index is -4.66. The van der Waals surface area contributed by atoms with Gasteiger partial charge in [0.15, 0.2) is 0 Å². The zero-order valence-electron chi connectivity index (χ0n) is 11.9. The fraction of sp³-hybridized carbons (Fsp3) is 0.294. The molecule has 1 fully saturated rings. The van der Waals surface area contributed by atoms with Gasteiger partial charge in [0, 0.05) is 24.3 Å². The molecule has 2 aromatic rings. The second-order valence-electron chi connectivity index (χ2n) is 5.28. The predicted molar refractivity (Wildman–Crippen MR) is 80.0 cm³/mol. The number of ether oxygens (including phenoxy) is 1. The molecule has 0 unspecified atom stereocenters. The van der Waals surface area contributed by atoms with Gasteiger partial charge < -0.3 is 9.64 Å². The van der Waals surface area contributed by atoms with Crippen LogP contribution < -0.4 is 9.64 Å². The topological polar surface area (TPSA) is 12.5 Å². The molecule has 22 heavy (non-hydrogen) atoms. The highest BCUT2D eigenvalue weighted by Crippen LogP contribution is 2.34. The number of anilines is 1. The molecule has 1 saturated heterocycles. The lowest BCUT2D eigenvalue weighted by atomic mass is 10.0. The molecule has 0 amide bonds. The summed E-state index contributed by atoms with van der Waals surface area (Å²) in [5.74, 6) is -0.199. The van der Waals surface area contributed by atoms with Crippen molar-refractivity contribution in [2.45, 2.75) is 19.2 Å². The normalized spacial score (nSPS) is 15.1. The average molecular weight is 307 g/mol. The first kappa shape index (κ1) is 14.8. The molecule has 0 aliphatic carbocycles. The van der Waals surface area contributed by atoms with Gasteiger partial charge in [-0.1, -0.05) is 30.3 Å². The summed E-state index contributed by atoms with van der Waals surface area (Å²) in [7, 11) is 0. The second kappa shape index (κ2) is 5.91. The van der Waals surface area contributed by atoms with E-state index < -0.39 is 6.36 Å². The Morgan fingerprint density at radius 2 is 1.50 bits per heavy atom. The Morgan fingerprint density at radius 3 is 2.14 bits per heavy atom. The number of benzene rings is 2. The molecule has 0 atom stereocenters. The number of para-hydroxylation sites is 1. The molecule has 1 aliphatic rings. The molecular weight excluding hydrogens is 291 g/mol. The summed E-state index contributed by atoms with van der Waals surface area (Å²) >= 11 is 0. The van der Waals surface area contributed by atoms with E-state index in [1.165, 1.54) is 25.0 Å². The van der Waals surface area contributed by atoms with Crippen LogP contribution in [0.25, 0.3) is 11.1 Å². The van der Waals surface area contributed by atoms with Crippen molar-refractivity contribution < 1.29 is 17.9 Å². The van der Waals surface area contributed by atoms with Crippen molar-refractivity contribution in [1.29, 1.82) is 0 Å². The average Bonchev–Trinajstić information content (AvgIpc) is 3.00. The maximum absolute atomic E-state index is 12.2. The number of halogens is 3. The minimum Gasteiger partial charge on any atom is -0.406 e. The van der Waals surface area contributed by atoms with E-state index >= 15 is 0 Å². The molecule has 2 aromatic carbocycles. The van der Waals surface area contributed by atoms with Crippen molar-refractivity contribution in [3.63, 3.8) is 0 Å². The first-order valence-electron chi connectivity index (χ1n) is 7.23. The number of hydrogen-bond donors (Lipinski definition) is 0. The zero-order valence-corrected chi connectivity index (χ0v) is 11.9. The summed E-state index contributed by atoms with van der Waals surface area (Å²) in [4.78, 5) is 2.31. The maximum Gasteiger partial charge on any atom is 0.573 e. The van der Waals surface area contributed by atoms with Crippen LogP contribution in [-0.4, -0.2) is 19.5 Å².